The van der Waals surface area contributed by atoms with E-state index in [1.54, 1.807) is 29.4 Å². The highest BCUT2D eigenvalue weighted by Crippen LogP contribution is 2.19. The maximum Gasteiger partial charge on any atom is 0.253 e. The van der Waals surface area contributed by atoms with Crippen molar-refractivity contribution in [2.45, 2.75) is 38.6 Å². The van der Waals surface area contributed by atoms with Gasteiger partial charge in [0.05, 0.1) is 12.0 Å². The lowest BCUT2D eigenvalue weighted by atomic mass is 9.96. The number of hydrogen-bond acceptors (Lipinski definition) is 5. The molecule has 0 unspecified atom stereocenters. The van der Waals surface area contributed by atoms with Gasteiger partial charge in [-0.2, -0.15) is 0 Å². The SMILES string of the molecule is O=c1cc(-c2cccnc2)ncn1CC1CCN(CCN2CCCCC2)CC1. The zero-order valence-corrected chi connectivity index (χ0v) is 16.7. The van der Waals surface area contributed by atoms with Crippen LogP contribution in [0.4, 0.5) is 0 Å². The highest BCUT2D eigenvalue weighted by molar-refractivity contribution is 5.56. The van der Waals surface area contributed by atoms with Gasteiger partial charge >= 0.3 is 0 Å². The molecule has 2 saturated heterocycles. The van der Waals surface area contributed by atoms with Crippen LogP contribution in [0.3, 0.4) is 0 Å². The number of piperidine rings is 2. The van der Waals surface area contributed by atoms with Crippen LogP contribution in [0.1, 0.15) is 32.1 Å². The van der Waals surface area contributed by atoms with E-state index in [1.165, 1.54) is 45.4 Å². The fourth-order valence-electron chi connectivity index (χ4n) is 4.37. The molecule has 0 aromatic carbocycles. The van der Waals surface area contributed by atoms with E-state index >= 15 is 0 Å². The van der Waals surface area contributed by atoms with Crippen LogP contribution in [0.5, 0.6) is 0 Å². The second kappa shape index (κ2) is 9.43. The Hall–Kier alpha value is -2.05. The average molecular weight is 382 g/mol. The summed E-state index contributed by atoms with van der Waals surface area (Å²) in [5.74, 6) is 0.565. The van der Waals surface area contributed by atoms with Gasteiger partial charge in [-0.1, -0.05) is 6.42 Å². The summed E-state index contributed by atoms with van der Waals surface area (Å²) in [6.07, 6.45) is 11.6. The second-order valence-corrected chi connectivity index (χ2v) is 8.19. The average Bonchev–Trinajstić information content (AvgIpc) is 2.76. The van der Waals surface area contributed by atoms with E-state index in [4.69, 9.17) is 0 Å². The van der Waals surface area contributed by atoms with Crippen LogP contribution in [-0.2, 0) is 6.54 Å². The summed E-state index contributed by atoms with van der Waals surface area (Å²) >= 11 is 0. The Kier molecular flexibility index (Phi) is 6.49. The van der Waals surface area contributed by atoms with Crippen molar-refractivity contribution in [3.8, 4) is 11.3 Å². The van der Waals surface area contributed by atoms with Crippen molar-refractivity contribution in [1.29, 1.82) is 0 Å². The van der Waals surface area contributed by atoms with E-state index in [9.17, 15) is 4.79 Å². The van der Waals surface area contributed by atoms with Crippen LogP contribution in [-0.4, -0.2) is 63.6 Å². The number of nitrogens with zero attached hydrogens (tertiary/aromatic N) is 5. The third-order valence-electron chi connectivity index (χ3n) is 6.18. The van der Waals surface area contributed by atoms with E-state index in [-0.39, 0.29) is 5.56 Å². The summed E-state index contributed by atoms with van der Waals surface area (Å²) in [6.45, 7) is 8.03. The first-order chi connectivity index (χ1) is 13.8. The lowest BCUT2D eigenvalue weighted by Gasteiger charge is -2.34. The molecule has 6 heteroatoms. The molecule has 150 valence electrons. The standard InChI is InChI=1S/C22H31N5O/c28-22-15-21(20-5-4-8-23-16-20)24-18-27(22)17-19-6-11-26(12-7-19)14-13-25-9-2-1-3-10-25/h4-5,8,15-16,18-19H,1-3,6-7,9-14,17H2. The molecule has 0 amide bonds. The van der Waals surface area contributed by atoms with Crippen molar-refractivity contribution in [2.75, 3.05) is 39.3 Å². The van der Waals surface area contributed by atoms with Gasteiger partial charge in [0.15, 0.2) is 0 Å². The predicted molar refractivity (Wildman–Crippen MR) is 111 cm³/mol. The van der Waals surface area contributed by atoms with Crippen molar-refractivity contribution in [3.05, 3.63) is 47.3 Å². The van der Waals surface area contributed by atoms with Crippen molar-refractivity contribution in [3.63, 3.8) is 0 Å². The van der Waals surface area contributed by atoms with Crippen molar-refractivity contribution in [1.82, 2.24) is 24.3 Å². The van der Waals surface area contributed by atoms with Crippen LogP contribution >= 0.6 is 0 Å². The molecule has 4 rings (SSSR count). The number of hydrogen-bond donors (Lipinski definition) is 0. The maximum atomic E-state index is 12.5. The van der Waals surface area contributed by atoms with E-state index in [1.807, 2.05) is 12.1 Å². The summed E-state index contributed by atoms with van der Waals surface area (Å²) in [6, 6.07) is 5.42. The van der Waals surface area contributed by atoms with Gasteiger partial charge in [0, 0.05) is 43.7 Å². The summed E-state index contributed by atoms with van der Waals surface area (Å²) in [5, 5.41) is 0. The molecule has 2 aliphatic heterocycles. The molecule has 0 N–H and O–H groups in total. The van der Waals surface area contributed by atoms with Crippen LogP contribution in [0.15, 0.2) is 41.7 Å². The summed E-state index contributed by atoms with van der Waals surface area (Å²) < 4.78 is 1.77. The third kappa shape index (κ3) is 5.06. The first-order valence-corrected chi connectivity index (χ1v) is 10.7. The van der Waals surface area contributed by atoms with Crippen LogP contribution in [0, 0.1) is 5.92 Å². The fourth-order valence-corrected chi connectivity index (χ4v) is 4.37. The zero-order valence-electron chi connectivity index (χ0n) is 16.7. The molecule has 4 heterocycles. The van der Waals surface area contributed by atoms with Crippen molar-refractivity contribution < 1.29 is 0 Å². The normalized spacial score (nSPS) is 19.7. The third-order valence-corrected chi connectivity index (χ3v) is 6.18. The molecule has 0 radical (unpaired) electrons. The number of pyridine rings is 1. The van der Waals surface area contributed by atoms with Gasteiger partial charge in [-0.15, -0.1) is 0 Å². The number of rotatable bonds is 6. The van der Waals surface area contributed by atoms with Crippen molar-refractivity contribution in [2.24, 2.45) is 5.92 Å². The molecule has 2 aromatic heterocycles. The topological polar surface area (TPSA) is 54.3 Å². The van der Waals surface area contributed by atoms with E-state index in [0.29, 0.717) is 11.6 Å². The minimum atomic E-state index is 0.0291. The van der Waals surface area contributed by atoms with E-state index in [2.05, 4.69) is 19.8 Å². The monoisotopic (exact) mass is 381 g/mol. The first-order valence-electron chi connectivity index (χ1n) is 10.7. The Labute approximate surface area is 167 Å². The molecule has 0 atom stereocenters. The van der Waals surface area contributed by atoms with Gasteiger partial charge in [-0.05, 0) is 69.9 Å². The first kappa shape index (κ1) is 19.3. The summed E-state index contributed by atoms with van der Waals surface area (Å²) in [4.78, 5) is 26.3. The van der Waals surface area contributed by atoms with Crippen molar-refractivity contribution >= 4 is 0 Å². The lowest BCUT2D eigenvalue weighted by Crippen LogP contribution is -2.42. The fraction of sp³-hybridized carbons (Fsp3) is 0.591. The molecule has 0 spiro atoms. The highest BCUT2D eigenvalue weighted by atomic mass is 16.1. The van der Waals surface area contributed by atoms with Gasteiger partial charge in [0.25, 0.3) is 5.56 Å². The Bertz CT molecular complexity index is 792. The molecule has 0 bridgehead atoms. The lowest BCUT2D eigenvalue weighted by molar-refractivity contribution is 0.140. The molecule has 0 saturated carbocycles. The van der Waals surface area contributed by atoms with E-state index < -0.39 is 0 Å². The Morgan fingerprint density at radius 2 is 1.75 bits per heavy atom. The van der Waals surface area contributed by atoms with Crippen LogP contribution in [0.25, 0.3) is 11.3 Å². The molecule has 6 nitrogen and oxygen atoms in total. The highest BCUT2D eigenvalue weighted by Gasteiger charge is 2.21. The van der Waals surface area contributed by atoms with Gasteiger partial charge in [-0.3, -0.25) is 14.3 Å². The van der Waals surface area contributed by atoms with Gasteiger partial charge in [0.2, 0.25) is 0 Å². The molecular formula is C22H31N5O. The molecule has 28 heavy (non-hydrogen) atoms. The predicted octanol–water partition coefficient (Wildman–Crippen LogP) is 2.50. The molecule has 2 aromatic rings. The Balaban J connectivity index is 1.26. The summed E-state index contributed by atoms with van der Waals surface area (Å²) in [7, 11) is 0. The quantitative estimate of drug-likeness (QED) is 0.770. The minimum absolute atomic E-state index is 0.0291. The summed E-state index contributed by atoms with van der Waals surface area (Å²) in [5.41, 5.74) is 1.61. The van der Waals surface area contributed by atoms with Gasteiger partial charge < -0.3 is 9.80 Å². The minimum Gasteiger partial charge on any atom is -0.302 e. The number of aromatic nitrogens is 3. The largest absolute Gasteiger partial charge is 0.302 e. The van der Waals surface area contributed by atoms with Crippen LogP contribution in [0.2, 0.25) is 0 Å². The number of likely N-dealkylation sites (tertiary alicyclic amines) is 2. The maximum absolute atomic E-state index is 12.5. The van der Waals surface area contributed by atoms with E-state index in [0.717, 1.165) is 38.0 Å². The zero-order chi connectivity index (χ0) is 19.2. The Morgan fingerprint density at radius 1 is 1.00 bits per heavy atom. The second-order valence-electron chi connectivity index (χ2n) is 8.19. The molecule has 2 aliphatic rings. The Morgan fingerprint density at radius 3 is 2.43 bits per heavy atom. The molecular weight excluding hydrogens is 350 g/mol. The molecule has 0 aliphatic carbocycles. The van der Waals surface area contributed by atoms with Crippen LogP contribution < -0.4 is 5.56 Å². The molecule has 2 fully saturated rings. The smallest absolute Gasteiger partial charge is 0.253 e. The van der Waals surface area contributed by atoms with Gasteiger partial charge in [0.1, 0.15) is 0 Å². The van der Waals surface area contributed by atoms with Gasteiger partial charge in [-0.25, -0.2) is 4.98 Å².